The normalized spacial score (nSPS) is 12.1. The topological polar surface area (TPSA) is 26.3 Å². The van der Waals surface area contributed by atoms with E-state index in [9.17, 15) is 4.79 Å². The lowest BCUT2D eigenvalue weighted by Gasteiger charge is -1.91. The minimum atomic E-state index is -0.297. The molecule has 0 aromatic carbocycles. The van der Waals surface area contributed by atoms with Gasteiger partial charge in [0.25, 0.3) is 0 Å². The van der Waals surface area contributed by atoms with E-state index in [2.05, 4.69) is 4.74 Å². The predicted octanol–water partition coefficient (Wildman–Crippen LogP) is 2.07. The van der Waals surface area contributed by atoms with Gasteiger partial charge in [0, 0.05) is 6.08 Å². The molecule has 2 nitrogen and oxygen atoms in total. The molecule has 0 N–H and O–H groups in total. The van der Waals surface area contributed by atoms with Crippen LogP contribution in [0.15, 0.2) is 23.8 Å². The molecule has 0 unspecified atom stereocenters. The molecule has 0 aromatic rings. The smallest absolute Gasteiger partial charge is 0.330 e. The average molecular weight is 154 g/mol. The molecule has 0 radical (unpaired) electrons. The van der Waals surface area contributed by atoms with E-state index >= 15 is 0 Å². The first-order valence-corrected chi connectivity index (χ1v) is 3.57. The molecule has 0 saturated heterocycles. The quantitative estimate of drug-likeness (QED) is 0.353. The predicted molar refractivity (Wildman–Crippen MR) is 45.2 cm³/mol. The molecule has 62 valence electrons. The molecule has 11 heavy (non-hydrogen) atoms. The summed E-state index contributed by atoms with van der Waals surface area (Å²) in [5, 5.41) is 0. The number of hydrogen-bond donors (Lipinski definition) is 0. The molecule has 0 heterocycles. The third-order valence-corrected chi connectivity index (χ3v) is 1.39. The van der Waals surface area contributed by atoms with Gasteiger partial charge in [0.05, 0.1) is 7.11 Å². The number of allylic oxidation sites excluding steroid dienone is 3. The Labute approximate surface area is 67.6 Å². The van der Waals surface area contributed by atoms with Gasteiger partial charge in [-0.05, 0) is 20.3 Å². The summed E-state index contributed by atoms with van der Waals surface area (Å²) in [5.74, 6) is -0.297. The summed E-state index contributed by atoms with van der Waals surface area (Å²) in [6, 6.07) is 0. The van der Waals surface area contributed by atoms with Crippen molar-refractivity contribution in [2.45, 2.75) is 20.3 Å². The van der Waals surface area contributed by atoms with Crippen LogP contribution in [0.1, 0.15) is 20.3 Å². The fraction of sp³-hybridized carbons (Fsp3) is 0.444. The largest absolute Gasteiger partial charge is 0.466 e. The third-order valence-electron chi connectivity index (χ3n) is 1.39. The first-order valence-electron chi connectivity index (χ1n) is 3.57. The summed E-state index contributed by atoms with van der Waals surface area (Å²) >= 11 is 0. The zero-order chi connectivity index (χ0) is 8.69. The second kappa shape index (κ2) is 5.71. The molecule has 0 aliphatic rings. The van der Waals surface area contributed by atoms with E-state index in [-0.39, 0.29) is 5.97 Å². The minimum Gasteiger partial charge on any atom is -0.466 e. The zero-order valence-corrected chi connectivity index (χ0v) is 7.26. The number of hydrogen-bond acceptors (Lipinski definition) is 2. The van der Waals surface area contributed by atoms with Gasteiger partial charge in [0.15, 0.2) is 0 Å². The van der Waals surface area contributed by atoms with E-state index in [0.29, 0.717) is 0 Å². The Morgan fingerprint density at radius 3 is 2.64 bits per heavy atom. The van der Waals surface area contributed by atoms with Crippen LogP contribution in [-0.4, -0.2) is 13.1 Å². The minimum absolute atomic E-state index is 0.297. The summed E-state index contributed by atoms with van der Waals surface area (Å²) in [7, 11) is 1.37. The third kappa shape index (κ3) is 5.40. The molecule has 0 spiro atoms. The van der Waals surface area contributed by atoms with Crippen LogP contribution >= 0.6 is 0 Å². The molecule has 0 saturated carbocycles. The summed E-state index contributed by atoms with van der Waals surface area (Å²) in [5.41, 5.74) is 1.24. The van der Waals surface area contributed by atoms with E-state index < -0.39 is 0 Å². The van der Waals surface area contributed by atoms with E-state index in [0.717, 1.165) is 6.42 Å². The van der Waals surface area contributed by atoms with Gasteiger partial charge in [-0.15, -0.1) is 0 Å². The highest BCUT2D eigenvalue weighted by molar-refractivity contribution is 5.81. The van der Waals surface area contributed by atoms with Crippen molar-refractivity contribution in [1.82, 2.24) is 0 Å². The van der Waals surface area contributed by atoms with Crippen molar-refractivity contribution in [2.24, 2.45) is 0 Å². The maximum absolute atomic E-state index is 10.6. The maximum Gasteiger partial charge on any atom is 0.330 e. The lowest BCUT2D eigenvalue weighted by atomic mass is 10.2. The van der Waals surface area contributed by atoms with Crippen LogP contribution in [0.25, 0.3) is 0 Å². The molecule has 0 rings (SSSR count). The molecule has 0 bridgehead atoms. The average Bonchev–Trinajstić information content (AvgIpc) is 2.04. The molecule has 0 aliphatic heterocycles. The number of carbonyl (C=O) groups excluding carboxylic acids is 1. The summed E-state index contributed by atoms with van der Waals surface area (Å²) < 4.78 is 4.42. The van der Waals surface area contributed by atoms with Crippen molar-refractivity contribution >= 4 is 5.97 Å². The van der Waals surface area contributed by atoms with Crippen LogP contribution in [0, 0.1) is 0 Å². The molecule has 0 atom stereocenters. The highest BCUT2D eigenvalue weighted by Gasteiger charge is 1.89. The molecular formula is C9H14O2. The Balaban J connectivity index is 3.69. The highest BCUT2D eigenvalue weighted by Crippen LogP contribution is 1.99. The van der Waals surface area contributed by atoms with Crippen molar-refractivity contribution in [3.05, 3.63) is 23.8 Å². The van der Waals surface area contributed by atoms with Gasteiger partial charge >= 0.3 is 5.97 Å². The Morgan fingerprint density at radius 1 is 1.55 bits per heavy atom. The maximum atomic E-state index is 10.6. The Bertz CT molecular complexity index is 178. The van der Waals surface area contributed by atoms with Crippen LogP contribution in [0.4, 0.5) is 0 Å². The van der Waals surface area contributed by atoms with Crippen molar-refractivity contribution < 1.29 is 9.53 Å². The van der Waals surface area contributed by atoms with Gasteiger partial charge in [-0.2, -0.15) is 0 Å². The number of esters is 1. The lowest BCUT2D eigenvalue weighted by molar-refractivity contribution is -0.134. The van der Waals surface area contributed by atoms with Gasteiger partial charge < -0.3 is 4.74 Å². The van der Waals surface area contributed by atoms with E-state index in [1.807, 2.05) is 19.9 Å². The Kier molecular flexibility index (Phi) is 5.17. The van der Waals surface area contributed by atoms with Crippen LogP contribution in [-0.2, 0) is 9.53 Å². The van der Waals surface area contributed by atoms with E-state index in [4.69, 9.17) is 0 Å². The molecule has 0 fully saturated rings. The van der Waals surface area contributed by atoms with Crippen LogP contribution < -0.4 is 0 Å². The second-order valence-electron chi connectivity index (χ2n) is 2.26. The van der Waals surface area contributed by atoms with Gasteiger partial charge in [-0.3, -0.25) is 0 Å². The number of methoxy groups -OCH3 is 1. The summed E-state index contributed by atoms with van der Waals surface area (Å²) in [4.78, 5) is 10.6. The van der Waals surface area contributed by atoms with Crippen LogP contribution in [0.3, 0.4) is 0 Å². The number of ether oxygens (including phenoxy) is 1. The molecule has 0 aliphatic carbocycles. The summed E-state index contributed by atoms with van der Waals surface area (Å²) in [6.45, 7) is 3.99. The lowest BCUT2D eigenvalue weighted by Crippen LogP contribution is -1.93. The molecule has 0 amide bonds. The Hall–Kier alpha value is -1.05. The van der Waals surface area contributed by atoms with Gasteiger partial charge in [0.1, 0.15) is 0 Å². The Morgan fingerprint density at radius 2 is 2.18 bits per heavy atom. The van der Waals surface area contributed by atoms with Crippen molar-refractivity contribution in [1.29, 1.82) is 0 Å². The summed E-state index contributed by atoms with van der Waals surface area (Å²) in [6.07, 6.45) is 6.06. The van der Waals surface area contributed by atoms with E-state index in [1.54, 1.807) is 6.08 Å². The molecular weight excluding hydrogens is 140 g/mol. The first-order chi connectivity index (χ1) is 5.20. The first kappa shape index (κ1) is 9.95. The fourth-order valence-electron chi connectivity index (χ4n) is 0.527. The zero-order valence-electron chi connectivity index (χ0n) is 7.26. The fourth-order valence-corrected chi connectivity index (χ4v) is 0.527. The van der Waals surface area contributed by atoms with Crippen molar-refractivity contribution in [3.63, 3.8) is 0 Å². The standard InChI is InChI=1S/C9H14O2/c1-4-8(2)6-5-7-9(10)11-3/h4-5,7H,6H2,1-3H3/b7-5+,8-4+. The molecule has 2 heteroatoms. The van der Waals surface area contributed by atoms with Gasteiger partial charge in [-0.25, -0.2) is 4.79 Å². The SMILES string of the molecule is C/C=C(\C)C/C=C/C(=O)OC. The van der Waals surface area contributed by atoms with Crippen LogP contribution in [0.2, 0.25) is 0 Å². The van der Waals surface area contributed by atoms with Gasteiger partial charge in [0.2, 0.25) is 0 Å². The number of carbonyl (C=O) groups is 1. The van der Waals surface area contributed by atoms with E-state index in [1.165, 1.54) is 18.8 Å². The van der Waals surface area contributed by atoms with Crippen molar-refractivity contribution in [2.75, 3.05) is 7.11 Å². The second-order valence-corrected chi connectivity index (χ2v) is 2.26. The number of rotatable bonds is 3. The van der Waals surface area contributed by atoms with Gasteiger partial charge in [-0.1, -0.05) is 17.7 Å². The van der Waals surface area contributed by atoms with Crippen molar-refractivity contribution in [3.8, 4) is 0 Å². The molecule has 0 aromatic heterocycles. The van der Waals surface area contributed by atoms with Crippen LogP contribution in [0.5, 0.6) is 0 Å². The monoisotopic (exact) mass is 154 g/mol. The highest BCUT2D eigenvalue weighted by atomic mass is 16.5.